The summed E-state index contributed by atoms with van der Waals surface area (Å²) in [4.78, 5) is 14.4. The minimum absolute atomic E-state index is 0.140. The number of carbonyl (C=O) groups is 1. The Balaban J connectivity index is 2.98. The molecule has 0 saturated heterocycles. The van der Waals surface area contributed by atoms with Crippen LogP contribution in [0, 0.1) is 0 Å². The highest BCUT2D eigenvalue weighted by atomic mass is 79.9. The molecule has 8 heteroatoms. The number of carbonyl (C=O) groups excluding carboxylic acids is 1. The lowest BCUT2D eigenvalue weighted by Gasteiger charge is -2.18. The third-order valence-corrected chi connectivity index (χ3v) is 2.43. The standard InChI is InChI=1S/C9H8BrF3N2O2/c1-4(9(11,12)13)17-7-2-6(8(14)16)15-3-5(7)10/h2-4H,1H3,(H2,14,16)/t4-/m0/s1. The summed E-state index contributed by atoms with van der Waals surface area (Å²) < 4.78 is 41.7. The Morgan fingerprint density at radius 2 is 2.18 bits per heavy atom. The van der Waals surface area contributed by atoms with Gasteiger partial charge in [-0.1, -0.05) is 0 Å². The van der Waals surface area contributed by atoms with Crippen molar-refractivity contribution < 1.29 is 22.7 Å². The van der Waals surface area contributed by atoms with Crippen molar-refractivity contribution >= 4 is 21.8 Å². The van der Waals surface area contributed by atoms with Gasteiger partial charge < -0.3 is 10.5 Å². The number of nitrogens with zero attached hydrogens (tertiary/aromatic N) is 1. The number of hydrogen-bond acceptors (Lipinski definition) is 3. The molecule has 94 valence electrons. The minimum Gasteiger partial charge on any atom is -0.480 e. The van der Waals surface area contributed by atoms with Crippen molar-refractivity contribution in [2.24, 2.45) is 5.73 Å². The lowest BCUT2D eigenvalue weighted by Crippen LogP contribution is -2.31. The van der Waals surface area contributed by atoms with E-state index in [1.165, 1.54) is 0 Å². The highest BCUT2D eigenvalue weighted by Crippen LogP contribution is 2.30. The minimum atomic E-state index is -4.49. The average Bonchev–Trinajstić information content (AvgIpc) is 2.19. The summed E-state index contributed by atoms with van der Waals surface area (Å²) in [6.45, 7) is 0.858. The van der Waals surface area contributed by atoms with E-state index in [0.29, 0.717) is 0 Å². The van der Waals surface area contributed by atoms with Crippen LogP contribution < -0.4 is 10.5 Å². The second-order valence-electron chi connectivity index (χ2n) is 3.17. The Morgan fingerprint density at radius 1 is 1.59 bits per heavy atom. The summed E-state index contributed by atoms with van der Waals surface area (Å²) in [6, 6.07) is 1.05. The Kier molecular flexibility index (Phi) is 3.97. The SMILES string of the molecule is C[C@H](Oc1cc(C(N)=O)ncc1Br)C(F)(F)F. The molecule has 17 heavy (non-hydrogen) atoms. The summed E-state index contributed by atoms with van der Waals surface area (Å²) in [7, 11) is 0. The zero-order valence-corrected chi connectivity index (χ0v) is 10.2. The predicted molar refractivity (Wildman–Crippen MR) is 56.6 cm³/mol. The number of halogens is 4. The lowest BCUT2D eigenvalue weighted by molar-refractivity contribution is -0.189. The Labute approximate surface area is 103 Å². The molecule has 2 N–H and O–H groups in total. The van der Waals surface area contributed by atoms with Gasteiger partial charge in [0.25, 0.3) is 5.91 Å². The van der Waals surface area contributed by atoms with Crippen LogP contribution in [0.3, 0.4) is 0 Å². The van der Waals surface area contributed by atoms with Gasteiger partial charge in [-0.2, -0.15) is 13.2 Å². The van der Waals surface area contributed by atoms with Gasteiger partial charge in [-0.15, -0.1) is 0 Å². The average molecular weight is 313 g/mol. The van der Waals surface area contributed by atoms with Crippen molar-refractivity contribution in [2.75, 3.05) is 0 Å². The molecule has 1 aromatic heterocycles. The largest absolute Gasteiger partial charge is 0.480 e. The molecule has 0 radical (unpaired) electrons. The van der Waals surface area contributed by atoms with Crippen LogP contribution in [0.1, 0.15) is 17.4 Å². The monoisotopic (exact) mass is 312 g/mol. The van der Waals surface area contributed by atoms with Gasteiger partial charge in [0.2, 0.25) is 0 Å². The van der Waals surface area contributed by atoms with E-state index in [9.17, 15) is 18.0 Å². The molecule has 0 aliphatic carbocycles. The van der Waals surface area contributed by atoms with E-state index in [2.05, 4.69) is 25.7 Å². The highest BCUT2D eigenvalue weighted by Gasteiger charge is 2.38. The number of nitrogens with two attached hydrogens (primary N) is 1. The first-order valence-electron chi connectivity index (χ1n) is 4.40. The van der Waals surface area contributed by atoms with Crippen molar-refractivity contribution in [1.82, 2.24) is 4.98 Å². The van der Waals surface area contributed by atoms with E-state index in [1.807, 2.05) is 0 Å². The zero-order chi connectivity index (χ0) is 13.2. The second kappa shape index (κ2) is 4.91. The van der Waals surface area contributed by atoms with E-state index in [4.69, 9.17) is 5.73 Å². The molecular weight excluding hydrogens is 305 g/mol. The van der Waals surface area contributed by atoms with Crippen molar-refractivity contribution in [1.29, 1.82) is 0 Å². The van der Waals surface area contributed by atoms with E-state index in [1.54, 1.807) is 0 Å². The first-order valence-corrected chi connectivity index (χ1v) is 5.20. The number of aromatic nitrogens is 1. The number of hydrogen-bond donors (Lipinski definition) is 1. The number of rotatable bonds is 3. The number of primary amides is 1. The maximum atomic E-state index is 12.3. The molecule has 0 bridgehead atoms. The maximum Gasteiger partial charge on any atom is 0.425 e. The Morgan fingerprint density at radius 3 is 2.65 bits per heavy atom. The fourth-order valence-corrected chi connectivity index (χ4v) is 1.21. The van der Waals surface area contributed by atoms with Gasteiger partial charge in [0.15, 0.2) is 6.10 Å². The van der Waals surface area contributed by atoms with Crippen molar-refractivity contribution in [3.63, 3.8) is 0 Å². The normalized spacial score (nSPS) is 13.2. The predicted octanol–water partition coefficient (Wildman–Crippen LogP) is 2.27. The van der Waals surface area contributed by atoms with Crippen LogP contribution in [-0.4, -0.2) is 23.2 Å². The van der Waals surface area contributed by atoms with Crippen LogP contribution in [0.5, 0.6) is 5.75 Å². The summed E-state index contributed by atoms with van der Waals surface area (Å²) in [5.41, 5.74) is 4.79. The number of amides is 1. The van der Waals surface area contributed by atoms with Crippen LogP contribution in [0.4, 0.5) is 13.2 Å². The zero-order valence-electron chi connectivity index (χ0n) is 8.58. The molecule has 1 aromatic rings. The fraction of sp³-hybridized carbons (Fsp3) is 0.333. The smallest absolute Gasteiger partial charge is 0.425 e. The Bertz CT molecular complexity index is 437. The maximum absolute atomic E-state index is 12.3. The third kappa shape index (κ3) is 3.58. The third-order valence-electron chi connectivity index (χ3n) is 1.84. The molecule has 0 spiro atoms. The van der Waals surface area contributed by atoms with E-state index in [-0.39, 0.29) is 15.9 Å². The Hall–Kier alpha value is -1.31. The topological polar surface area (TPSA) is 65.2 Å². The van der Waals surface area contributed by atoms with Gasteiger partial charge in [-0.3, -0.25) is 4.79 Å². The van der Waals surface area contributed by atoms with Gasteiger partial charge in [-0.05, 0) is 22.9 Å². The van der Waals surface area contributed by atoms with Gasteiger partial charge in [0.1, 0.15) is 11.4 Å². The van der Waals surface area contributed by atoms with E-state index < -0.39 is 18.2 Å². The van der Waals surface area contributed by atoms with Crippen LogP contribution in [0.2, 0.25) is 0 Å². The number of pyridine rings is 1. The fourth-order valence-electron chi connectivity index (χ4n) is 0.903. The lowest BCUT2D eigenvalue weighted by atomic mass is 10.3. The molecule has 0 aromatic carbocycles. The summed E-state index contributed by atoms with van der Waals surface area (Å²) >= 11 is 2.97. The molecule has 0 saturated carbocycles. The first kappa shape index (κ1) is 13.8. The van der Waals surface area contributed by atoms with E-state index >= 15 is 0 Å². The molecule has 0 fully saturated rings. The molecule has 1 heterocycles. The van der Waals surface area contributed by atoms with Crippen LogP contribution in [0.15, 0.2) is 16.7 Å². The highest BCUT2D eigenvalue weighted by molar-refractivity contribution is 9.10. The van der Waals surface area contributed by atoms with Crippen molar-refractivity contribution in [2.45, 2.75) is 19.2 Å². The van der Waals surface area contributed by atoms with E-state index in [0.717, 1.165) is 19.2 Å². The summed E-state index contributed by atoms with van der Waals surface area (Å²) in [6.07, 6.45) is -5.34. The van der Waals surface area contributed by atoms with Gasteiger partial charge in [-0.25, -0.2) is 4.98 Å². The first-order chi connectivity index (χ1) is 7.71. The van der Waals surface area contributed by atoms with Crippen LogP contribution in [0.25, 0.3) is 0 Å². The molecule has 0 aliphatic heterocycles. The molecule has 1 atom stereocenters. The molecule has 0 aliphatic rings. The summed E-state index contributed by atoms with van der Waals surface area (Å²) in [5, 5.41) is 0. The molecule has 0 unspecified atom stereocenters. The van der Waals surface area contributed by atoms with Crippen LogP contribution >= 0.6 is 15.9 Å². The van der Waals surface area contributed by atoms with Gasteiger partial charge in [0.05, 0.1) is 4.47 Å². The quantitative estimate of drug-likeness (QED) is 0.931. The number of alkyl halides is 3. The second-order valence-corrected chi connectivity index (χ2v) is 4.02. The molecule has 1 rings (SSSR count). The van der Waals surface area contributed by atoms with Gasteiger partial charge in [0, 0.05) is 12.3 Å². The summed E-state index contributed by atoms with van der Waals surface area (Å²) in [5.74, 6) is -0.986. The van der Waals surface area contributed by atoms with Crippen molar-refractivity contribution in [3.05, 3.63) is 22.4 Å². The molecule has 1 amide bonds. The molecule has 4 nitrogen and oxygen atoms in total. The van der Waals surface area contributed by atoms with Crippen LogP contribution in [-0.2, 0) is 0 Å². The number of ether oxygens (including phenoxy) is 1. The van der Waals surface area contributed by atoms with Gasteiger partial charge >= 0.3 is 6.18 Å². The molecular formula is C9H8BrF3N2O2. The van der Waals surface area contributed by atoms with Crippen molar-refractivity contribution in [3.8, 4) is 5.75 Å².